The van der Waals surface area contributed by atoms with Crippen LogP contribution in [0.5, 0.6) is 0 Å². The molecule has 0 radical (unpaired) electrons. The zero-order valence-electron chi connectivity index (χ0n) is 12.2. The maximum atomic E-state index is 5.45. The zero-order chi connectivity index (χ0) is 14.5. The van der Waals surface area contributed by atoms with E-state index in [0.717, 1.165) is 28.4 Å². The average Bonchev–Trinajstić information content (AvgIpc) is 3.16. The summed E-state index contributed by atoms with van der Waals surface area (Å²) in [5, 5.41) is 9.60. The number of rotatable bonds is 6. The van der Waals surface area contributed by atoms with Crippen molar-refractivity contribution in [3.05, 3.63) is 31.1 Å². The van der Waals surface area contributed by atoms with Crippen LogP contribution in [0.1, 0.15) is 32.1 Å². The molecule has 0 unspecified atom stereocenters. The van der Waals surface area contributed by atoms with E-state index in [4.69, 9.17) is 4.42 Å². The highest BCUT2D eigenvalue weighted by Gasteiger charge is 2.18. The molecule has 0 aromatic carbocycles. The van der Waals surface area contributed by atoms with Crippen LogP contribution in [0.25, 0.3) is 11.6 Å². The third-order valence-electron chi connectivity index (χ3n) is 3.94. The largest absolute Gasteiger partial charge is 0.461 e. The molecule has 3 rings (SSSR count). The van der Waals surface area contributed by atoms with Crippen molar-refractivity contribution in [2.24, 2.45) is 5.92 Å². The van der Waals surface area contributed by atoms with E-state index in [1.165, 1.54) is 32.1 Å². The third kappa shape index (κ3) is 3.40. The summed E-state index contributed by atoms with van der Waals surface area (Å²) in [5.41, 5.74) is 0. The molecule has 2 aromatic rings. The lowest BCUT2D eigenvalue weighted by atomic mass is 9.91. The minimum Gasteiger partial charge on any atom is -0.461 e. The van der Waals surface area contributed by atoms with Gasteiger partial charge in [0.2, 0.25) is 5.82 Å². The first-order chi connectivity index (χ1) is 10.4. The first-order valence-electron chi connectivity index (χ1n) is 7.59. The number of furan rings is 1. The minimum absolute atomic E-state index is 0.704. The predicted molar refractivity (Wildman–Crippen MR) is 85.2 cm³/mol. The van der Waals surface area contributed by atoms with Crippen LogP contribution >= 0.6 is 11.8 Å². The van der Waals surface area contributed by atoms with Crippen LogP contribution < -0.4 is 0 Å². The van der Waals surface area contributed by atoms with Gasteiger partial charge in [-0.1, -0.05) is 37.1 Å². The molecule has 1 saturated carbocycles. The number of hydrogen-bond acceptors (Lipinski definition) is 4. The summed E-state index contributed by atoms with van der Waals surface area (Å²) in [6.07, 6.45) is 10.4. The van der Waals surface area contributed by atoms with E-state index in [1.54, 1.807) is 6.26 Å². The SMILES string of the molecule is C=CCn1c(SCC2CCCCC2)nnc1-c1ccco1. The molecule has 2 aromatic heterocycles. The number of aromatic nitrogens is 3. The lowest BCUT2D eigenvalue weighted by Crippen LogP contribution is -2.09. The Bertz CT molecular complexity index is 570. The van der Waals surface area contributed by atoms with Crippen molar-refractivity contribution in [2.45, 2.75) is 43.8 Å². The van der Waals surface area contributed by atoms with Crippen LogP contribution in [-0.2, 0) is 6.54 Å². The Hall–Kier alpha value is -1.49. The third-order valence-corrected chi connectivity index (χ3v) is 5.14. The van der Waals surface area contributed by atoms with Gasteiger partial charge in [-0.25, -0.2) is 0 Å². The van der Waals surface area contributed by atoms with Gasteiger partial charge in [0.25, 0.3) is 0 Å². The molecule has 112 valence electrons. The number of nitrogens with zero attached hydrogens (tertiary/aromatic N) is 3. The van der Waals surface area contributed by atoms with E-state index in [1.807, 2.05) is 30.0 Å². The van der Waals surface area contributed by atoms with Crippen molar-refractivity contribution in [3.8, 4) is 11.6 Å². The Morgan fingerprint density at radius 3 is 2.90 bits per heavy atom. The molecule has 0 bridgehead atoms. The molecule has 1 aliphatic rings. The Morgan fingerprint density at radius 2 is 2.19 bits per heavy atom. The fourth-order valence-corrected chi connectivity index (χ4v) is 3.96. The lowest BCUT2D eigenvalue weighted by molar-refractivity contribution is 0.390. The maximum absolute atomic E-state index is 5.45. The minimum atomic E-state index is 0.704. The number of hydrogen-bond donors (Lipinski definition) is 0. The van der Waals surface area contributed by atoms with E-state index >= 15 is 0 Å². The second-order valence-electron chi connectivity index (χ2n) is 5.50. The van der Waals surface area contributed by atoms with Gasteiger partial charge in [0, 0.05) is 12.3 Å². The fraction of sp³-hybridized carbons (Fsp3) is 0.500. The maximum Gasteiger partial charge on any atom is 0.200 e. The number of allylic oxidation sites excluding steroid dienone is 1. The quantitative estimate of drug-likeness (QED) is 0.586. The van der Waals surface area contributed by atoms with Gasteiger partial charge in [0.05, 0.1) is 6.26 Å². The highest BCUT2D eigenvalue weighted by Crippen LogP contribution is 2.31. The summed E-state index contributed by atoms with van der Waals surface area (Å²) in [5.74, 6) is 3.50. The molecule has 0 atom stereocenters. The lowest BCUT2D eigenvalue weighted by Gasteiger charge is -2.20. The van der Waals surface area contributed by atoms with Crippen LogP contribution in [0, 0.1) is 5.92 Å². The molecule has 0 spiro atoms. The fourth-order valence-electron chi connectivity index (χ4n) is 2.82. The molecular formula is C16H21N3OS. The molecule has 21 heavy (non-hydrogen) atoms. The Labute approximate surface area is 129 Å². The second-order valence-corrected chi connectivity index (χ2v) is 6.48. The van der Waals surface area contributed by atoms with Gasteiger partial charge in [-0.05, 0) is 30.9 Å². The van der Waals surface area contributed by atoms with Crippen molar-refractivity contribution in [2.75, 3.05) is 5.75 Å². The van der Waals surface area contributed by atoms with Crippen molar-refractivity contribution >= 4 is 11.8 Å². The molecule has 2 heterocycles. The summed E-state index contributed by atoms with van der Waals surface area (Å²) in [4.78, 5) is 0. The van der Waals surface area contributed by atoms with Crippen LogP contribution in [0.3, 0.4) is 0 Å². The van der Waals surface area contributed by atoms with E-state index in [0.29, 0.717) is 6.54 Å². The van der Waals surface area contributed by atoms with E-state index in [2.05, 4.69) is 21.3 Å². The van der Waals surface area contributed by atoms with Gasteiger partial charge in [-0.3, -0.25) is 4.57 Å². The van der Waals surface area contributed by atoms with Gasteiger partial charge < -0.3 is 4.42 Å². The van der Waals surface area contributed by atoms with Gasteiger partial charge in [0.1, 0.15) is 0 Å². The normalized spacial score (nSPS) is 16.2. The average molecular weight is 303 g/mol. The highest BCUT2D eigenvalue weighted by molar-refractivity contribution is 7.99. The Morgan fingerprint density at radius 1 is 1.33 bits per heavy atom. The summed E-state index contributed by atoms with van der Waals surface area (Å²) in [6, 6.07) is 3.79. The molecule has 1 fully saturated rings. The molecule has 0 saturated heterocycles. The summed E-state index contributed by atoms with van der Waals surface area (Å²) in [6.45, 7) is 4.54. The zero-order valence-corrected chi connectivity index (χ0v) is 13.0. The van der Waals surface area contributed by atoms with E-state index in [9.17, 15) is 0 Å². The van der Waals surface area contributed by atoms with Crippen LogP contribution in [0.15, 0.2) is 40.6 Å². The van der Waals surface area contributed by atoms with Gasteiger partial charge in [-0.2, -0.15) is 0 Å². The molecule has 0 aliphatic heterocycles. The van der Waals surface area contributed by atoms with E-state index in [-0.39, 0.29) is 0 Å². The van der Waals surface area contributed by atoms with Crippen molar-refractivity contribution in [1.82, 2.24) is 14.8 Å². The molecule has 5 heteroatoms. The predicted octanol–water partition coefficient (Wildman–Crippen LogP) is 4.40. The van der Waals surface area contributed by atoms with E-state index < -0.39 is 0 Å². The van der Waals surface area contributed by atoms with Gasteiger partial charge >= 0.3 is 0 Å². The van der Waals surface area contributed by atoms with Gasteiger partial charge in [0.15, 0.2) is 10.9 Å². The standard InChI is InChI=1S/C16H21N3OS/c1-2-10-19-15(14-9-6-11-20-14)17-18-16(19)21-12-13-7-4-3-5-8-13/h2,6,9,11,13H,1,3-5,7-8,10,12H2. The monoisotopic (exact) mass is 303 g/mol. The topological polar surface area (TPSA) is 43.9 Å². The van der Waals surface area contributed by atoms with Crippen LogP contribution in [0.2, 0.25) is 0 Å². The first-order valence-corrected chi connectivity index (χ1v) is 8.58. The molecule has 4 nitrogen and oxygen atoms in total. The molecule has 1 aliphatic carbocycles. The Kier molecular flexibility index (Phi) is 4.80. The van der Waals surface area contributed by atoms with Crippen molar-refractivity contribution in [3.63, 3.8) is 0 Å². The van der Waals surface area contributed by atoms with Crippen LogP contribution in [0.4, 0.5) is 0 Å². The molecule has 0 amide bonds. The first kappa shape index (κ1) is 14.4. The Balaban J connectivity index is 1.73. The summed E-state index contributed by atoms with van der Waals surface area (Å²) in [7, 11) is 0. The summed E-state index contributed by atoms with van der Waals surface area (Å²) >= 11 is 1.81. The molecular weight excluding hydrogens is 282 g/mol. The second kappa shape index (κ2) is 6.98. The smallest absolute Gasteiger partial charge is 0.200 e. The number of thioether (sulfide) groups is 1. The molecule has 0 N–H and O–H groups in total. The van der Waals surface area contributed by atoms with Crippen molar-refractivity contribution in [1.29, 1.82) is 0 Å². The summed E-state index contributed by atoms with van der Waals surface area (Å²) < 4.78 is 7.53. The highest BCUT2D eigenvalue weighted by atomic mass is 32.2. The van der Waals surface area contributed by atoms with Crippen molar-refractivity contribution < 1.29 is 4.42 Å². The van der Waals surface area contributed by atoms with Gasteiger partial charge in [-0.15, -0.1) is 16.8 Å². The van der Waals surface area contributed by atoms with Crippen LogP contribution in [-0.4, -0.2) is 20.5 Å².